The maximum Gasteiger partial charge on any atom is 0.276 e. The van der Waals surface area contributed by atoms with E-state index in [0.717, 1.165) is 5.69 Å². The quantitative estimate of drug-likeness (QED) is 0.690. The number of rotatable bonds is 5. The van der Waals surface area contributed by atoms with Crippen LogP contribution in [0, 0.1) is 0 Å². The van der Waals surface area contributed by atoms with Crippen LogP contribution in [0.1, 0.15) is 38.1 Å². The molecule has 0 saturated heterocycles. The van der Waals surface area contributed by atoms with Crippen LogP contribution in [0.5, 0.6) is 0 Å². The highest BCUT2D eigenvalue weighted by Crippen LogP contribution is 2.16. The average Bonchev–Trinajstić information content (AvgIpc) is 2.73. The minimum absolute atomic E-state index is 0.0438. The van der Waals surface area contributed by atoms with Crippen molar-refractivity contribution in [3.05, 3.63) is 89.7 Å². The van der Waals surface area contributed by atoms with Crippen LogP contribution < -0.4 is 10.2 Å². The highest BCUT2D eigenvalue weighted by molar-refractivity contribution is 6.08. The predicted molar refractivity (Wildman–Crippen MR) is 108 cm³/mol. The Morgan fingerprint density at radius 3 is 2.21 bits per heavy atom. The summed E-state index contributed by atoms with van der Waals surface area (Å²) in [5.41, 5.74) is 2.34. The van der Waals surface area contributed by atoms with Crippen molar-refractivity contribution in [3.8, 4) is 0 Å². The number of aromatic nitrogens is 1. The van der Waals surface area contributed by atoms with E-state index in [9.17, 15) is 14.4 Å². The van der Waals surface area contributed by atoms with Crippen LogP contribution in [-0.4, -0.2) is 29.6 Å². The van der Waals surface area contributed by atoms with E-state index < -0.39 is 0 Å². The molecule has 0 saturated carbocycles. The first-order valence-corrected chi connectivity index (χ1v) is 8.67. The molecule has 1 heterocycles. The van der Waals surface area contributed by atoms with Gasteiger partial charge in [0.2, 0.25) is 0 Å². The van der Waals surface area contributed by atoms with Crippen molar-refractivity contribution in [3.63, 3.8) is 0 Å². The zero-order valence-corrected chi connectivity index (χ0v) is 15.5. The third kappa shape index (κ3) is 4.29. The summed E-state index contributed by atoms with van der Waals surface area (Å²) in [6.07, 6.45) is 1.43. The summed E-state index contributed by atoms with van der Waals surface area (Å²) in [5, 5.41) is 2.75. The van der Waals surface area contributed by atoms with Gasteiger partial charge in [-0.2, -0.15) is 0 Å². The standard InChI is InChI=1S/C22H19N3O3/c1-15(26)16-8-10-18(11-9-16)24-21(27)17-12-13-23-20(14-17)22(28)25(2)19-6-4-3-5-7-19/h3-14H,1-2H3,(H,24,27). The number of anilines is 2. The molecule has 1 aromatic heterocycles. The van der Waals surface area contributed by atoms with Gasteiger partial charge in [0.1, 0.15) is 5.69 Å². The van der Waals surface area contributed by atoms with E-state index >= 15 is 0 Å². The van der Waals surface area contributed by atoms with Crippen LogP contribution in [0.4, 0.5) is 11.4 Å². The molecule has 6 nitrogen and oxygen atoms in total. The minimum atomic E-state index is -0.366. The van der Waals surface area contributed by atoms with Crippen molar-refractivity contribution in [2.75, 3.05) is 17.3 Å². The molecule has 6 heteroatoms. The maximum absolute atomic E-state index is 12.7. The van der Waals surface area contributed by atoms with E-state index in [1.165, 1.54) is 24.1 Å². The number of nitrogens with one attached hydrogen (secondary N) is 1. The highest BCUT2D eigenvalue weighted by Gasteiger charge is 2.17. The topological polar surface area (TPSA) is 79.4 Å². The van der Waals surface area contributed by atoms with Crippen LogP contribution in [0.15, 0.2) is 72.9 Å². The third-order valence-corrected chi connectivity index (χ3v) is 4.24. The summed E-state index contributed by atoms with van der Waals surface area (Å²) in [6, 6.07) is 18.8. The van der Waals surface area contributed by atoms with Gasteiger partial charge in [-0.1, -0.05) is 18.2 Å². The van der Waals surface area contributed by atoms with Crippen molar-refractivity contribution in [2.24, 2.45) is 0 Å². The van der Waals surface area contributed by atoms with Gasteiger partial charge in [0, 0.05) is 35.7 Å². The summed E-state index contributed by atoms with van der Waals surface area (Å²) in [4.78, 5) is 42.1. The molecule has 140 valence electrons. The number of amides is 2. The largest absolute Gasteiger partial charge is 0.322 e. The Morgan fingerprint density at radius 1 is 0.893 bits per heavy atom. The Kier molecular flexibility index (Phi) is 5.60. The van der Waals surface area contributed by atoms with Crippen LogP contribution >= 0.6 is 0 Å². The molecule has 0 aliphatic rings. The Hall–Kier alpha value is -3.80. The lowest BCUT2D eigenvalue weighted by atomic mass is 10.1. The van der Waals surface area contributed by atoms with Gasteiger partial charge in [-0.25, -0.2) is 0 Å². The van der Waals surface area contributed by atoms with E-state index in [1.54, 1.807) is 37.4 Å². The van der Waals surface area contributed by atoms with Crippen LogP contribution in [0.2, 0.25) is 0 Å². The molecule has 3 rings (SSSR count). The number of para-hydroxylation sites is 1. The normalized spacial score (nSPS) is 10.2. The lowest BCUT2D eigenvalue weighted by Gasteiger charge is -2.17. The number of hydrogen-bond donors (Lipinski definition) is 1. The van der Waals surface area contributed by atoms with Crippen molar-refractivity contribution < 1.29 is 14.4 Å². The van der Waals surface area contributed by atoms with Gasteiger partial charge < -0.3 is 10.2 Å². The lowest BCUT2D eigenvalue weighted by molar-refractivity contribution is 0.0986. The summed E-state index contributed by atoms with van der Waals surface area (Å²) in [5.74, 6) is -0.723. The van der Waals surface area contributed by atoms with E-state index in [0.29, 0.717) is 16.8 Å². The first kappa shape index (κ1) is 19.0. The summed E-state index contributed by atoms with van der Waals surface area (Å²) in [6.45, 7) is 1.48. The lowest BCUT2D eigenvalue weighted by Crippen LogP contribution is -2.27. The molecule has 0 atom stereocenters. The number of carbonyl (C=O) groups is 3. The number of pyridine rings is 1. The van der Waals surface area contributed by atoms with Gasteiger partial charge in [0.15, 0.2) is 5.78 Å². The Balaban J connectivity index is 1.76. The molecular formula is C22H19N3O3. The van der Waals surface area contributed by atoms with Crippen molar-refractivity contribution in [1.82, 2.24) is 4.98 Å². The number of hydrogen-bond acceptors (Lipinski definition) is 4. The maximum atomic E-state index is 12.7. The fraction of sp³-hybridized carbons (Fsp3) is 0.0909. The zero-order valence-electron chi connectivity index (χ0n) is 15.5. The number of nitrogens with zero attached hydrogens (tertiary/aromatic N) is 2. The monoisotopic (exact) mass is 373 g/mol. The van der Waals surface area contributed by atoms with Crippen molar-refractivity contribution >= 4 is 29.0 Å². The summed E-state index contributed by atoms with van der Waals surface area (Å²) >= 11 is 0. The van der Waals surface area contributed by atoms with Crippen LogP contribution in [0.25, 0.3) is 0 Å². The molecular weight excluding hydrogens is 354 g/mol. The predicted octanol–water partition coefficient (Wildman–Crippen LogP) is 3.81. The summed E-state index contributed by atoms with van der Waals surface area (Å²) < 4.78 is 0. The molecule has 0 bridgehead atoms. The van der Waals surface area contributed by atoms with Gasteiger partial charge in [-0.3, -0.25) is 19.4 Å². The number of benzene rings is 2. The van der Waals surface area contributed by atoms with Crippen LogP contribution in [0.3, 0.4) is 0 Å². The van der Waals surface area contributed by atoms with E-state index in [4.69, 9.17) is 0 Å². The zero-order chi connectivity index (χ0) is 20.1. The van der Waals surface area contributed by atoms with Crippen molar-refractivity contribution in [2.45, 2.75) is 6.92 Å². The second kappa shape index (κ2) is 8.26. The summed E-state index contributed by atoms with van der Waals surface area (Å²) in [7, 11) is 1.66. The van der Waals surface area contributed by atoms with Gasteiger partial charge >= 0.3 is 0 Å². The fourth-order valence-electron chi connectivity index (χ4n) is 2.62. The number of ketones is 1. The average molecular weight is 373 g/mol. The molecule has 0 spiro atoms. The molecule has 2 amide bonds. The third-order valence-electron chi connectivity index (χ3n) is 4.24. The Morgan fingerprint density at radius 2 is 1.57 bits per heavy atom. The van der Waals surface area contributed by atoms with Gasteiger partial charge in [-0.15, -0.1) is 0 Å². The highest BCUT2D eigenvalue weighted by atomic mass is 16.2. The van der Waals surface area contributed by atoms with E-state index in [1.807, 2.05) is 30.3 Å². The SMILES string of the molecule is CC(=O)c1ccc(NC(=O)c2ccnc(C(=O)N(C)c3ccccc3)c2)cc1. The van der Waals surface area contributed by atoms with Gasteiger partial charge in [0.05, 0.1) is 0 Å². The second-order valence-electron chi connectivity index (χ2n) is 6.22. The molecule has 2 aromatic carbocycles. The van der Waals surface area contributed by atoms with Gasteiger partial charge in [0.25, 0.3) is 11.8 Å². The molecule has 1 N–H and O–H groups in total. The second-order valence-corrected chi connectivity index (χ2v) is 6.22. The molecule has 28 heavy (non-hydrogen) atoms. The van der Waals surface area contributed by atoms with E-state index in [-0.39, 0.29) is 23.3 Å². The minimum Gasteiger partial charge on any atom is -0.322 e. The molecule has 0 fully saturated rings. The Labute approximate surface area is 162 Å². The number of Topliss-reactive ketones (excluding diaryl/α,β-unsaturated/α-hetero) is 1. The molecule has 0 radical (unpaired) electrons. The first-order chi connectivity index (χ1) is 13.5. The van der Waals surface area contributed by atoms with Crippen molar-refractivity contribution in [1.29, 1.82) is 0 Å². The van der Waals surface area contributed by atoms with Gasteiger partial charge in [-0.05, 0) is 55.5 Å². The molecule has 0 unspecified atom stereocenters. The number of carbonyl (C=O) groups excluding carboxylic acids is 3. The smallest absolute Gasteiger partial charge is 0.276 e. The molecule has 0 aliphatic carbocycles. The first-order valence-electron chi connectivity index (χ1n) is 8.67. The fourth-order valence-corrected chi connectivity index (χ4v) is 2.62. The molecule has 0 aliphatic heterocycles. The van der Waals surface area contributed by atoms with Crippen LogP contribution in [-0.2, 0) is 0 Å². The molecule has 3 aromatic rings. The van der Waals surface area contributed by atoms with E-state index in [2.05, 4.69) is 10.3 Å². The Bertz CT molecular complexity index is 1010.